The Morgan fingerprint density at radius 3 is 2.67 bits per heavy atom. The van der Waals surface area contributed by atoms with E-state index in [-0.39, 0.29) is 6.03 Å². The van der Waals surface area contributed by atoms with Crippen LogP contribution in [0.25, 0.3) is 11.4 Å². The third-order valence-electron chi connectivity index (χ3n) is 4.82. The molecule has 136 valence electrons. The van der Waals surface area contributed by atoms with E-state index in [9.17, 15) is 4.79 Å². The summed E-state index contributed by atoms with van der Waals surface area (Å²) in [6, 6.07) is 18.1. The fourth-order valence-electron chi connectivity index (χ4n) is 3.21. The van der Waals surface area contributed by atoms with Crippen LogP contribution in [0.15, 0.2) is 60.8 Å². The molecule has 5 heteroatoms. The third-order valence-corrected chi connectivity index (χ3v) is 4.82. The van der Waals surface area contributed by atoms with Gasteiger partial charge in [-0.1, -0.05) is 60.2 Å². The minimum absolute atomic E-state index is 0.0478. The number of carbonyl (C=O) groups is 1. The molecule has 1 aromatic heterocycles. The summed E-state index contributed by atoms with van der Waals surface area (Å²) in [6.45, 7) is 3.80. The maximum atomic E-state index is 12.5. The normalized spacial score (nSPS) is 13.1. The minimum atomic E-state index is -0.0478. The summed E-state index contributed by atoms with van der Waals surface area (Å²) in [5.41, 5.74) is 5.38. The van der Waals surface area contributed by atoms with Crippen molar-refractivity contribution in [2.45, 2.75) is 26.4 Å². The number of amides is 2. The van der Waals surface area contributed by atoms with Crippen molar-refractivity contribution in [3.05, 3.63) is 83.2 Å². The van der Waals surface area contributed by atoms with Crippen molar-refractivity contribution in [1.82, 2.24) is 20.2 Å². The molecular formula is C22H22N4O. The number of urea groups is 1. The second-order valence-corrected chi connectivity index (χ2v) is 6.85. The zero-order valence-corrected chi connectivity index (χ0v) is 15.4. The third kappa shape index (κ3) is 3.97. The molecule has 1 aliphatic rings. The molecule has 0 saturated carbocycles. The Bertz CT molecular complexity index is 938. The lowest BCUT2D eigenvalue weighted by atomic mass is 10.1. The Morgan fingerprint density at radius 1 is 1.11 bits per heavy atom. The van der Waals surface area contributed by atoms with E-state index >= 15 is 0 Å². The van der Waals surface area contributed by atoms with Gasteiger partial charge in [-0.2, -0.15) is 0 Å². The highest BCUT2D eigenvalue weighted by molar-refractivity contribution is 5.74. The number of rotatable bonds is 3. The predicted octanol–water partition coefficient (Wildman–Crippen LogP) is 3.72. The Hall–Kier alpha value is -3.21. The van der Waals surface area contributed by atoms with E-state index in [1.165, 1.54) is 5.56 Å². The average Bonchev–Trinajstić information content (AvgIpc) is 2.73. The van der Waals surface area contributed by atoms with Gasteiger partial charge in [0.05, 0.1) is 12.2 Å². The first-order valence-electron chi connectivity index (χ1n) is 9.17. The maximum absolute atomic E-state index is 12.5. The van der Waals surface area contributed by atoms with Gasteiger partial charge in [-0.3, -0.25) is 0 Å². The molecule has 3 aromatic rings. The van der Waals surface area contributed by atoms with Crippen molar-refractivity contribution in [2.24, 2.45) is 0 Å². The van der Waals surface area contributed by atoms with Gasteiger partial charge < -0.3 is 10.2 Å². The minimum Gasteiger partial charge on any atom is -0.334 e. The molecule has 0 bridgehead atoms. The van der Waals surface area contributed by atoms with Gasteiger partial charge in [0.2, 0.25) is 0 Å². The van der Waals surface area contributed by atoms with Crippen molar-refractivity contribution in [2.75, 3.05) is 6.54 Å². The summed E-state index contributed by atoms with van der Waals surface area (Å²) in [7, 11) is 0. The Morgan fingerprint density at radius 2 is 1.89 bits per heavy atom. The number of hydrogen-bond acceptors (Lipinski definition) is 3. The number of nitrogens with one attached hydrogen (secondary N) is 1. The second-order valence-electron chi connectivity index (χ2n) is 6.85. The lowest BCUT2D eigenvalue weighted by Gasteiger charge is -2.28. The van der Waals surface area contributed by atoms with Gasteiger partial charge in [-0.25, -0.2) is 14.8 Å². The molecule has 1 N–H and O–H groups in total. The number of nitrogens with zero attached hydrogens (tertiary/aromatic N) is 3. The van der Waals surface area contributed by atoms with Crippen LogP contribution >= 0.6 is 0 Å². The van der Waals surface area contributed by atoms with Crippen LogP contribution in [0.2, 0.25) is 0 Å². The van der Waals surface area contributed by atoms with E-state index in [2.05, 4.69) is 29.4 Å². The van der Waals surface area contributed by atoms with Crippen LogP contribution in [-0.2, 0) is 19.5 Å². The van der Waals surface area contributed by atoms with Crippen LogP contribution in [-0.4, -0.2) is 27.4 Å². The highest BCUT2D eigenvalue weighted by Gasteiger charge is 2.22. The van der Waals surface area contributed by atoms with Gasteiger partial charge in [0.15, 0.2) is 5.82 Å². The van der Waals surface area contributed by atoms with Crippen LogP contribution in [0.3, 0.4) is 0 Å². The smallest absolute Gasteiger partial charge is 0.317 e. The van der Waals surface area contributed by atoms with E-state index < -0.39 is 0 Å². The standard InChI is InChI=1S/C22H22N4O/c1-16-7-9-17(10-8-16)13-24-22(27)26-12-11-20-19(15-26)14-23-21(25-20)18-5-3-2-4-6-18/h2-10,14H,11-13,15H2,1H3,(H,24,27). The van der Waals surface area contributed by atoms with Crippen molar-refractivity contribution in [3.63, 3.8) is 0 Å². The SMILES string of the molecule is Cc1ccc(CNC(=O)N2CCc3nc(-c4ccccc4)ncc3C2)cc1. The second kappa shape index (κ2) is 7.58. The Labute approximate surface area is 159 Å². The number of carbonyl (C=O) groups excluding carboxylic acids is 1. The molecule has 27 heavy (non-hydrogen) atoms. The molecule has 2 aromatic carbocycles. The molecule has 0 saturated heterocycles. The topological polar surface area (TPSA) is 58.1 Å². The van der Waals surface area contributed by atoms with Crippen LogP contribution in [0.4, 0.5) is 4.79 Å². The van der Waals surface area contributed by atoms with Gasteiger partial charge in [-0.05, 0) is 12.5 Å². The number of fused-ring (bicyclic) bond motifs is 1. The van der Waals surface area contributed by atoms with Crippen LogP contribution in [0.1, 0.15) is 22.4 Å². The first-order chi connectivity index (χ1) is 13.2. The molecule has 2 heterocycles. The number of aryl methyl sites for hydroxylation is 1. The lowest BCUT2D eigenvalue weighted by Crippen LogP contribution is -2.42. The van der Waals surface area contributed by atoms with Crippen molar-refractivity contribution < 1.29 is 4.79 Å². The molecule has 0 atom stereocenters. The van der Waals surface area contributed by atoms with Gasteiger partial charge in [0.25, 0.3) is 0 Å². The molecule has 0 unspecified atom stereocenters. The van der Waals surface area contributed by atoms with Crippen LogP contribution in [0, 0.1) is 6.92 Å². The summed E-state index contributed by atoms with van der Waals surface area (Å²) in [6.07, 6.45) is 2.60. The number of hydrogen-bond donors (Lipinski definition) is 1. The highest BCUT2D eigenvalue weighted by Crippen LogP contribution is 2.21. The van der Waals surface area contributed by atoms with Gasteiger partial charge >= 0.3 is 6.03 Å². The summed E-state index contributed by atoms with van der Waals surface area (Å²) < 4.78 is 0. The first kappa shape index (κ1) is 17.2. The van der Waals surface area contributed by atoms with Crippen LogP contribution < -0.4 is 5.32 Å². The fraction of sp³-hybridized carbons (Fsp3) is 0.227. The monoisotopic (exact) mass is 358 g/mol. The van der Waals surface area contributed by atoms with Gasteiger partial charge in [0.1, 0.15) is 0 Å². The lowest BCUT2D eigenvalue weighted by molar-refractivity contribution is 0.191. The van der Waals surface area contributed by atoms with Crippen molar-refractivity contribution >= 4 is 6.03 Å². The molecule has 1 aliphatic heterocycles. The molecule has 2 amide bonds. The number of benzene rings is 2. The van der Waals surface area contributed by atoms with Gasteiger partial charge in [-0.15, -0.1) is 0 Å². The van der Waals surface area contributed by atoms with E-state index in [1.54, 1.807) is 0 Å². The van der Waals surface area contributed by atoms with Crippen LogP contribution in [0.5, 0.6) is 0 Å². The largest absolute Gasteiger partial charge is 0.334 e. The molecule has 0 aliphatic carbocycles. The Kier molecular flexibility index (Phi) is 4.83. The maximum Gasteiger partial charge on any atom is 0.317 e. The zero-order chi connectivity index (χ0) is 18.6. The van der Waals surface area contributed by atoms with Crippen molar-refractivity contribution in [1.29, 1.82) is 0 Å². The first-order valence-corrected chi connectivity index (χ1v) is 9.17. The predicted molar refractivity (Wildman–Crippen MR) is 105 cm³/mol. The molecule has 0 spiro atoms. The Balaban J connectivity index is 1.40. The molecule has 5 nitrogen and oxygen atoms in total. The molecular weight excluding hydrogens is 336 g/mol. The molecule has 0 fully saturated rings. The summed E-state index contributed by atoms with van der Waals surface area (Å²) >= 11 is 0. The summed E-state index contributed by atoms with van der Waals surface area (Å²) in [5, 5.41) is 3.00. The highest BCUT2D eigenvalue weighted by atomic mass is 16.2. The van der Waals surface area contributed by atoms with Crippen molar-refractivity contribution in [3.8, 4) is 11.4 Å². The van der Waals surface area contributed by atoms with E-state index in [4.69, 9.17) is 4.98 Å². The van der Waals surface area contributed by atoms with E-state index in [0.29, 0.717) is 19.6 Å². The molecule has 4 rings (SSSR count). The number of aromatic nitrogens is 2. The quantitative estimate of drug-likeness (QED) is 0.776. The van der Waals surface area contributed by atoms with Gasteiger partial charge in [0, 0.05) is 36.8 Å². The summed E-state index contributed by atoms with van der Waals surface area (Å²) in [4.78, 5) is 23.5. The van der Waals surface area contributed by atoms with E-state index in [1.807, 2.05) is 53.6 Å². The average molecular weight is 358 g/mol. The zero-order valence-electron chi connectivity index (χ0n) is 15.4. The van der Waals surface area contributed by atoms with E-state index in [0.717, 1.165) is 34.6 Å². The summed E-state index contributed by atoms with van der Waals surface area (Å²) in [5.74, 6) is 0.742. The molecule has 0 radical (unpaired) electrons. The fourth-order valence-corrected chi connectivity index (χ4v) is 3.21.